The van der Waals surface area contributed by atoms with Crippen molar-refractivity contribution in [1.82, 2.24) is 5.32 Å². The predicted octanol–water partition coefficient (Wildman–Crippen LogP) is 3.13. The van der Waals surface area contributed by atoms with Gasteiger partial charge in [0.1, 0.15) is 11.4 Å². The molecule has 0 spiro atoms. The number of carbonyl (C=O) groups is 2. The van der Waals surface area contributed by atoms with Crippen molar-refractivity contribution >= 4 is 23.7 Å². The molecule has 5 nitrogen and oxygen atoms in total. The molecule has 0 unspecified atom stereocenters. The van der Waals surface area contributed by atoms with E-state index in [0.717, 1.165) is 6.07 Å². The summed E-state index contributed by atoms with van der Waals surface area (Å²) in [4.78, 5) is 22.8. The highest BCUT2D eigenvalue weighted by Gasteiger charge is 2.26. The van der Waals surface area contributed by atoms with Crippen molar-refractivity contribution in [3.05, 3.63) is 34.6 Å². The maximum Gasteiger partial charge on any atom is 0.408 e. The van der Waals surface area contributed by atoms with Gasteiger partial charge in [0.2, 0.25) is 0 Å². The first-order valence-corrected chi connectivity index (χ1v) is 6.15. The molecule has 0 aliphatic heterocycles. The molecule has 1 amide bonds. The van der Waals surface area contributed by atoms with Crippen LogP contribution < -0.4 is 5.32 Å². The van der Waals surface area contributed by atoms with Gasteiger partial charge in [-0.2, -0.15) is 0 Å². The number of carboxylic acid groups (broad SMARTS) is 1. The van der Waals surface area contributed by atoms with Gasteiger partial charge in [0.25, 0.3) is 0 Å². The summed E-state index contributed by atoms with van der Waals surface area (Å²) in [5, 5.41) is 11.1. The third kappa shape index (κ3) is 4.70. The zero-order valence-electron chi connectivity index (χ0n) is 11.2. The summed E-state index contributed by atoms with van der Waals surface area (Å²) in [6.45, 7) is 4.93. The lowest BCUT2D eigenvalue weighted by molar-refractivity contribution is -0.139. The largest absolute Gasteiger partial charge is 0.479 e. The Morgan fingerprint density at radius 3 is 2.45 bits per heavy atom. The van der Waals surface area contributed by atoms with Crippen LogP contribution in [0.15, 0.2) is 18.2 Å². The number of carbonyl (C=O) groups excluding carboxylic acids is 1. The highest BCUT2D eigenvalue weighted by molar-refractivity contribution is 6.30. The van der Waals surface area contributed by atoms with Gasteiger partial charge < -0.3 is 15.2 Å². The van der Waals surface area contributed by atoms with Gasteiger partial charge in [-0.1, -0.05) is 17.7 Å². The quantitative estimate of drug-likeness (QED) is 0.899. The molecule has 20 heavy (non-hydrogen) atoms. The van der Waals surface area contributed by atoms with Crippen molar-refractivity contribution < 1.29 is 23.8 Å². The number of carboxylic acids is 1. The molecule has 0 fully saturated rings. The average Bonchev–Trinajstić information content (AvgIpc) is 2.27. The molecule has 0 aliphatic rings. The number of hydrogen-bond acceptors (Lipinski definition) is 3. The Bertz CT molecular complexity index is 528. The monoisotopic (exact) mass is 303 g/mol. The molecule has 7 heteroatoms. The fraction of sp³-hybridized carbons (Fsp3) is 0.385. The minimum atomic E-state index is -1.42. The molecule has 0 heterocycles. The van der Waals surface area contributed by atoms with Crippen LogP contribution in [-0.2, 0) is 9.53 Å². The van der Waals surface area contributed by atoms with E-state index in [4.69, 9.17) is 21.4 Å². The lowest BCUT2D eigenvalue weighted by atomic mass is 10.1. The number of halogens is 2. The summed E-state index contributed by atoms with van der Waals surface area (Å²) in [6, 6.07) is 2.08. The van der Waals surface area contributed by atoms with Crippen molar-refractivity contribution in [1.29, 1.82) is 0 Å². The first-order chi connectivity index (χ1) is 9.10. The summed E-state index contributed by atoms with van der Waals surface area (Å²) in [5.74, 6) is -2.10. The highest BCUT2D eigenvalue weighted by atomic mass is 35.5. The Kier molecular flexibility index (Phi) is 4.94. The molecule has 0 bridgehead atoms. The molecule has 1 aromatic carbocycles. The number of benzene rings is 1. The smallest absolute Gasteiger partial charge is 0.408 e. The van der Waals surface area contributed by atoms with Crippen molar-refractivity contribution in [3.63, 3.8) is 0 Å². The van der Waals surface area contributed by atoms with E-state index in [2.05, 4.69) is 5.32 Å². The first-order valence-electron chi connectivity index (χ1n) is 5.77. The summed E-state index contributed by atoms with van der Waals surface area (Å²) in [5.41, 5.74) is -0.705. The Labute approximate surface area is 120 Å². The maximum absolute atomic E-state index is 13.3. The van der Waals surface area contributed by atoms with Crippen LogP contribution in [0.2, 0.25) is 5.02 Å². The van der Waals surface area contributed by atoms with Gasteiger partial charge in [0.05, 0.1) is 5.02 Å². The second-order valence-corrected chi connectivity index (χ2v) is 5.50. The average molecular weight is 304 g/mol. The van der Waals surface area contributed by atoms with Crippen LogP contribution in [0.3, 0.4) is 0 Å². The Morgan fingerprint density at radius 2 is 2.00 bits per heavy atom. The predicted molar refractivity (Wildman–Crippen MR) is 71.2 cm³/mol. The number of hydrogen-bond donors (Lipinski definition) is 2. The van der Waals surface area contributed by atoms with E-state index in [-0.39, 0.29) is 10.6 Å². The molecular weight excluding hydrogens is 289 g/mol. The zero-order valence-corrected chi connectivity index (χ0v) is 12.0. The molecule has 1 rings (SSSR count). The number of ether oxygens (including phenoxy) is 1. The van der Waals surface area contributed by atoms with E-state index < -0.39 is 29.5 Å². The van der Waals surface area contributed by atoms with Gasteiger partial charge in [-0.25, -0.2) is 14.0 Å². The van der Waals surface area contributed by atoms with Crippen LogP contribution in [-0.4, -0.2) is 22.8 Å². The molecule has 0 aromatic heterocycles. The van der Waals surface area contributed by atoms with E-state index in [1.54, 1.807) is 20.8 Å². The topological polar surface area (TPSA) is 75.6 Å². The van der Waals surface area contributed by atoms with Crippen molar-refractivity contribution in [2.24, 2.45) is 0 Å². The van der Waals surface area contributed by atoms with E-state index in [0.29, 0.717) is 0 Å². The van der Waals surface area contributed by atoms with Gasteiger partial charge in [0.15, 0.2) is 6.04 Å². The normalized spacial score (nSPS) is 12.7. The lowest BCUT2D eigenvalue weighted by Crippen LogP contribution is -2.38. The zero-order chi connectivity index (χ0) is 15.5. The molecule has 0 saturated carbocycles. The van der Waals surface area contributed by atoms with Crippen molar-refractivity contribution in [3.8, 4) is 0 Å². The molecule has 0 aliphatic carbocycles. The minimum Gasteiger partial charge on any atom is -0.479 e. The molecule has 1 aromatic rings. The van der Waals surface area contributed by atoms with Gasteiger partial charge >= 0.3 is 12.1 Å². The Balaban J connectivity index is 2.92. The van der Waals surface area contributed by atoms with Gasteiger partial charge in [0, 0.05) is 0 Å². The SMILES string of the molecule is CC(C)(C)OC(=O)N[C@@H](C(=O)O)c1ccc(Cl)c(F)c1. The number of amides is 1. The summed E-state index contributed by atoms with van der Waals surface area (Å²) >= 11 is 5.52. The lowest BCUT2D eigenvalue weighted by Gasteiger charge is -2.22. The van der Waals surface area contributed by atoms with E-state index in [9.17, 15) is 14.0 Å². The van der Waals surface area contributed by atoms with E-state index in [1.165, 1.54) is 12.1 Å². The third-order valence-electron chi connectivity index (χ3n) is 2.19. The maximum atomic E-state index is 13.3. The fourth-order valence-corrected chi connectivity index (χ4v) is 1.52. The summed E-state index contributed by atoms with van der Waals surface area (Å²) in [7, 11) is 0. The standard InChI is InChI=1S/C13H15ClFNO4/c1-13(2,3)20-12(19)16-10(11(17)18)7-4-5-8(14)9(15)6-7/h4-6,10H,1-3H3,(H,16,19)(H,17,18)/t10-/m1/s1. The molecule has 0 saturated heterocycles. The molecule has 2 N–H and O–H groups in total. The molecule has 1 atom stereocenters. The molecule has 110 valence electrons. The number of aliphatic carboxylic acids is 1. The second kappa shape index (κ2) is 6.09. The van der Waals surface area contributed by atoms with Crippen LogP contribution in [0.4, 0.5) is 9.18 Å². The Hall–Kier alpha value is -1.82. The van der Waals surface area contributed by atoms with E-state index in [1.807, 2.05) is 0 Å². The highest BCUT2D eigenvalue weighted by Crippen LogP contribution is 2.21. The minimum absolute atomic E-state index is 0.0604. The summed E-state index contributed by atoms with van der Waals surface area (Å²) < 4.78 is 18.3. The van der Waals surface area contributed by atoms with E-state index >= 15 is 0 Å². The van der Waals surface area contributed by atoms with Gasteiger partial charge in [-0.05, 0) is 38.5 Å². The molecular formula is C13H15ClFNO4. The third-order valence-corrected chi connectivity index (χ3v) is 2.49. The number of alkyl carbamates (subject to hydrolysis) is 1. The van der Waals surface area contributed by atoms with Crippen LogP contribution in [0.5, 0.6) is 0 Å². The number of rotatable bonds is 3. The fourth-order valence-electron chi connectivity index (χ4n) is 1.40. The summed E-state index contributed by atoms with van der Waals surface area (Å²) in [6.07, 6.45) is -0.903. The van der Waals surface area contributed by atoms with Crippen LogP contribution in [0.1, 0.15) is 32.4 Å². The van der Waals surface area contributed by atoms with Gasteiger partial charge in [-0.3, -0.25) is 0 Å². The first kappa shape index (κ1) is 16.2. The Morgan fingerprint density at radius 1 is 1.40 bits per heavy atom. The van der Waals surface area contributed by atoms with Gasteiger partial charge in [-0.15, -0.1) is 0 Å². The van der Waals surface area contributed by atoms with Crippen molar-refractivity contribution in [2.45, 2.75) is 32.4 Å². The second-order valence-electron chi connectivity index (χ2n) is 5.09. The number of nitrogens with one attached hydrogen (secondary N) is 1. The van der Waals surface area contributed by atoms with Crippen LogP contribution in [0, 0.1) is 5.82 Å². The molecule has 0 radical (unpaired) electrons. The van der Waals surface area contributed by atoms with Crippen molar-refractivity contribution in [2.75, 3.05) is 0 Å². The van der Waals surface area contributed by atoms with Crippen LogP contribution >= 0.6 is 11.6 Å². The van der Waals surface area contributed by atoms with Crippen LogP contribution in [0.25, 0.3) is 0 Å².